The summed E-state index contributed by atoms with van der Waals surface area (Å²) in [5, 5.41) is 28.3. The average Bonchev–Trinajstić information content (AvgIpc) is 3.72. The fraction of sp³-hybridized carbons (Fsp3) is 0.459. The lowest BCUT2D eigenvalue weighted by Crippen LogP contribution is -2.67. The molecule has 51 heavy (non-hydrogen) atoms. The summed E-state index contributed by atoms with van der Waals surface area (Å²) in [6.07, 6.45) is 6.45. The van der Waals surface area contributed by atoms with E-state index < -0.39 is 5.82 Å². The third-order valence-corrected chi connectivity index (χ3v) is 11.2. The minimum absolute atomic E-state index is 0.0778. The van der Waals surface area contributed by atoms with Gasteiger partial charge in [0.1, 0.15) is 11.0 Å². The van der Waals surface area contributed by atoms with Crippen LogP contribution in [0.5, 0.6) is 0 Å². The molecule has 1 N–H and O–H groups in total. The zero-order valence-corrected chi connectivity index (χ0v) is 30.9. The van der Waals surface area contributed by atoms with Gasteiger partial charge in [0.25, 0.3) is 0 Å². The van der Waals surface area contributed by atoms with E-state index in [0.29, 0.717) is 83.0 Å². The Labute approximate surface area is 301 Å². The summed E-state index contributed by atoms with van der Waals surface area (Å²) < 4.78 is 19.3. The van der Waals surface area contributed by atoms with Gasteiger partial charge in [-0.25, -0.2) is 14.1 Å². The second-order valence-electron chi connectivity index (χ2n) is 14.8. The number of piperidine rings is 1. The number of pyridine rings is 1. The van der Waals surface area contributed by atoms with Crippen LogP contribution in [0.3, 0.4) is 0 Å². The van der Waals surface area contributed by atoms with Gasteiger partial charge in [-0.3, -0.25) is 9.89 Å². The number of aromatic nitrogens is 6. The molecule has 14 heteroatoms. The van der Waals surface area contributed by atoms with E-state index in [-0.39, 0.29) is 35.5 Å². The molecule has 0 spiro atoms. The molecule has 2 aliphatic heterocycles. The van der Waals surface area contributed by atoms with Crippen LogP contribution in [-0.2, 0) is 4.79 Å². The number of hydrogen-bond acceptors (Lipinski definition) is 9. The predicted octanol–water partition coefficient (Wildman–Crippen LogP) is 5.64. The van der Waals surface area contributed by atoms with Crippen LogP contribution in [0.1, 0.15) is 43.4 Å². The van der Waals surface area contributed by atoms with E-state index in [4.69, 9.17) is 26.9 Å². The molecule has 2 saturated heterocycles. The number of rotatable bonds is 8. The summed E-state index contributed by atoms with van der Waals surface area (Å²) in [6, 6.07) is 5.59. The Morgan fingerprint density at radius 2 is 1.94 bits per heavy atom. The van der Waals surface area contributed by atoms with Crippen molar-refractivity contribution >= 4 is 56.2 Å². The number of anilines is 1. The number of nitrogens with zero attached hydrogens (tertiary/aromatic N) is 10. The Morgan fingerprint density at radius 1 is 1.18 bits per heavy atom. The SMILES string of the molecule is Cc1cc2c(nc(N3CC(C)(N(C)C)C3)c3nnn([C@H]4CCN(C(=O)/C=C/CN(C)C)[C@H](CC#N)C4)c32)c(F)c1-c1c(C)c(Cl)cc2[nH]ncc12. The van der Waals surface area contributed by atoms with Crippen molar-refractivity contribution in [2.75, 3.05) is 59.3 Å². The Bertz CT molecular complexity index is 2240. The molecule has 12 nitrogen and oxygen atoms in total. The number of nitrogens with one attached hydrogen (secondary N) is 1. The lowest BCUT2D eigenvalue weighted by molar-refractivity contribution is -0.130. The number of hydrogen-bond donors (Lipinski definition) is 1. The third kappa shape index (κ3) is 5.89. The summed E-state index contributed by atoms with van der Waals surface area (Å²) in [6.45, 7) is 8.46. The molecule has 1 amide bonds. The molecule has 2 fully saturated rings. The number of likely N-dealkylation sites (tertiary alicyclic amines) is 1. The van der Waals surface area contributed by atoms with Crippen LogP contribution in [-0.4, -0.2) is 117 Å². The van der Waals surface area contributed by atoms with E-state index in [0.717, 1.165) is 16.5 Å². The molecular weight excluding hydrogens is 669 g/mol. The van der Waals surface area contributed by atoms with Gasteiger partial charge in [0.05, 0.1) is 35.8 Å². The van der Waals surface area contributed by atoms with E-state index >= 15 is 4.39 Å². The van der Waals surface area contributed by atoms with Gasteiger partial charge in [0.15, 0.2) is 17.2 Å². The van der Waals surface area contributed by atoms with Gasteiger partial charge in [0.2, 0.25) is 5.91 Å². The number of likely N-dealkylation sites (N-methyl/N-ethyl adjacent to an activating group) is 2. The highest BCUT2D eigenvalue weighted by Gasteiger charge is 2.43. The number of H-pyrrole nitrogens is 1. The highest BCUT2D eigenvalue weighted by molar-refractivity contribution is 6.33. The first kappa shape index (κ1) is 34.8. The molecule has 7 rings (SSSR count). The molecule has 0 saturated carbocycles. The number of fused-ring (bicyclic) bond motifs is 4. The molecule has 0 unspecified atom stereocenters. The molecule has 0 aliphatic carbocycles. The van der Waals surface area contributed by atoms with E-state index in [2.05, 4.69) is 47.1 Å². The van der Waals surface area contributed by atoms with Gasteiger partial charge in [-0.1, -0.05) is 22.9 Å². The third-order valence-electron chi connectivity index (χ3n) is 10.8. The van der Waals surface area contributed by atoms with Crippen molar-refractivity contribution in [3.63, 3.8) is 0 Å². The van der Waals surface area contributed by atoms with Gasteiger partial charge in [-0.15, -0.1) is 5.10 Å². The van der Waals surface area contributed by atoms with Crippen molar-refractivity contribution in [2.45, 2.75) is 57.7 Å². The highest BCUT2D eigenvalue weighted by Crippen LogP contribution is 2.44. The van der Waals surface area contributed by atoms with E-state index in [1.165, 1.54) is 0 Å². The van der Waals surface area contributed by atoms with Gasteiger partial charge in [-0.2, -0.15) is 10.4 Å². The molecular formula is C37H43ClFN11O. The van der Waals surface area contributed by atoms with E-state index in [9.17, 15) is 10.1 Å². The van der Waals surface area contributed by atoms with Crippen molar-refractivity contribution in [3.8, 4) is 17.2 Å². The van der Waals surface area contributed by atoms with E-state index in [1.54, 1.807) is 17.2 Å². The summed E-state index contributed by atoms with van der Waals surface area (Å²) in [5.74, 6) is 0.0307. The topological polar surface area (TPSA) is 126 Å². The molecule has 5 heterocycles. The Hall–Kier alpha value is -4.64. The Morgan fingerprint density at radius 3 is 2.65 bits per heavy atom. The van der Waals surface area contributed by atoms with Crippen LogP contribution in [0.15, 0.2) is 30.5 Å². The van der Waals surface area contributed by atoms with Crippen molar-refractivity contribution in [1.29, 1.82) is 5.26 Å². The van der Waals surface area contributed by atoms with Gasteiger partial charge in [-0.05, 0) is 85.1 Å². The fourth-order valence-electron chi connectivity index (χ4n) is 7.69. The maximum Gasteiger partial charge on any atom is 0.246 e. The number of halogens is 2. The van der Waals surface area contributed by atoms with Crippen molar-refractivity contribution in [2.24, 2.45) is 0 Å². The van der Waals surface area contributed by atoms with Crippen LogP contribution < -0.4 is 4.90 Å². The number of carbonyl (C=O) groups excluding carboxylic acids is 1. The monoisotopic (exact) mass is 711 g/mol. The molecule has 2 atom stereocenters. The second kappa shape index (κ2) is 13.2. The van der Waals surface area contributed by atoms with Crippen molar-refractivity contribution < 1.29 is 9.18 Å². The van der Waals surface area contributed by atoms with Crippen LogP contribution >= 0.6 is 11.6 Å². The summed E-state index contributed by atoms with van der Waals surface area (Å²) >= 11 is 6.67. The number of nitriles is 1. The van der Waals surface area contributed by atoms with Crippen LogP contribution in [0.4, 0.5) is 10.2 Å². The minimum Gasteiger partial charge on any atom is -0.351 e. The minimum atomic E-state index is -0.447. The second-order valence-corrected chi connectivity index (χ2v) is 15.2. The molecule has 0 bridgehead atoms. The quantitative estimate of drug-likeness (QED) is 0.204. The first-order valence-electron chi connectivity index (χ1n) is 17.2. The van der Waals surface area contributed by atoms with Crippen LogP contribution in [0.2, 0.25) is 5.02 Å². The summed E-state index contributed by atoms with van der Waals surface area (Å²) in [4.78, 5) is 26.4. The normalized spacial score (nSPS) is 19.3. The Kier molecular flexibility index (Phi) is 8.98. The van der Waals surface area contributed by atoms with E-state index in [1.807, 2.05) is 55.7 Å². The van der Waals surface area contributed by atoms with Crippen LogP contribution in [0.25, 0.3) is 44.0 Å². The standard InChI is InChI=1S/C37H43ClFN11O/c1-21-15-25-33(32(39)30(21)31-22(2)27(38)17-28-26(31)18-41-43-28)42-36(48-19-37(3,20-48)47(6)7)34-35(25)50(45-44-34)24-11-14-49(23(16-24)10-12-40)29(51)9-8-13-46(4)5/h8-9,15,17-18,23-24H,10-11,13-14,16,19-20H2,1-7H3,(H,41,43)/b9-8+/t23-,24+/m1/s1. The Balaban J connectivity index is 1.38. The number of carbonyl (C=O) groups is 1. The van der Waals surface area contributed by atoms with Crippen LogP contribution in [0, 0.1) is 31.0 Å². The number of benzene rings is 2. The zero-order chi connectivity index (χ0) is 36.4. The maximum absolute atomic E-state index is 17.4. The fourth-order valence-corrected chi connectivity index (χ4v) is 7.89. The lowest BCUT2D eigenvalue weighted by atomic mass is 9.90. The van der Waals surface area contributed by atoms with Gasteiger partial charge in [0, 0.05) is 65.2 Å². The van der Waals surface area contributed by atoms with Gasteiger partial charge < -0.3 is 19.6 Å². The van der Waals surface area contributed by atoms with Gasteiger partial charge >= 0.3 is 0 Å². The first-order chi connectivity index (χ1) is 24.3. The number of aryl methyl sites for hydroxylation is 1. The number of amides is 1. The highest BCUT2D eigenvalue weighted by atomic mass is 35.5. The molecule has 5 aromatic rings. The van der Waals surface area contributed by atoms with Crippen molar-refractivity contribution in [1.82, 2.24) is 44.9 Å². The lowest BCUT2D eigenvalue weighted by Gasteiger charge is -2.52. The largest absolute Gasteiger partial charge is 0.351 e. The molecule has 2 aromatic carbocycles. The first-order valence-corrected chi connectivity index (χ1v) is 17.6. The molecule has 0 radical (unpaired) electrons. The smallest absolute Gasteiger partial charge is 0.246 e. The number of aromatic amines is 1. The molecule has 3 aromatic heterocycles. The average molecular weight is 712 g/mol. The van der Waals surface area contributed by atoms with Crippen molar-refractivity contribution in [3.05, 3.63) is 52.4 Å². The zero-order valence-electron chi connectivity index (χ0n) is 30.1. The summed E-state index contributed by atoms with van der Waals surface area (Å²) in [5.41, 5.74) is 4.75. The molecule has 266 valence electrons. The predicted molar refractivity (Wildman–Crippen MR) is 198 cm³/mol. The maximum atomic E-state index is 17.4. The summed E-state index contributed by atoms with van der Waals surface area (Å²) in [7, 11) is 8.00. The molecule has 2 aliphatic rings.